The Hall–Kier alpha value is -1.61. The van der Waals surface area contributed by atoms with Gasteiger partial charge in [0.15, 0.2) is 0 Å². The Bertz CT molecular complexity index is 557. The molecule has 0 aliphatic carbocycles. The molecule has 1 aromatic carbocycles. The molecule has 0 saturated carbocycles. The van der Waals surface area contributed by atoms with Gasteiger partial charge >= 0.3 is 0 Å². The maximum Gasteiger partial charge on any atom is 0.251 e. The highest BCUT2D eigenvalue weighted by molar-refractivity contribution is 5.79. The molecule has 0 aliphatic rings. The van der Waals surface area contributed by atoms with Gasteiger partial charge in [-0.3, -0.25) is 4.79 Å². The molecule has 3 heteroatoms. The first kappa shape index (κ1) is 10.9. The molecule has 0 fully saturated rings. The maximum absolute atomic E-state index is 11.4. The van der Waals surface area contributed by atoms with E-state index in [2.05, 4.69) is 11.1 Å². The lowest BCUT2D eigenvalue weighted by Crippen LogP contribution is -2.08. The molecule has 0 atom stereocenters. The van der Waals surface area contributed by atoms with Crippen molar-refractivity contribution in [2.24, 2.45) is 5.73 Å². The summed E-state index contributed by atoms with van der Waals surface area (Å²) in [6.45, 7) is 2.54. The number of fused-ring (bicyclic) bond motifs is 1. The molecule has 3 N–H and O–H groups in total. The van der Waals surface area contributed by atoms with Gasteiger partial charge in [-0.25, -0.2) is 0 Å². The van der Waals surface area contributed by atoms with E-state index >= 15 is 0 Å². The van der Waals surface area contributed by atoms with Crippen molar-refractivity contribution in [2.45, 2.75) is 19.8 Å². The van der Waals surface area contributed by atoms with Crippen LogP contribution in [0.25, 0.3) is 10.9 Å². The van der Waals surface area contributed by atoms with Gasteiger partial charge in [0.2, 0.25) is 0 Å². The number of aromatic amines is 1. The zero-order valence-electron chi connectivity index (χ0n) is 9.42. The molecule has 1 heterocycles. The largest absolute Gasteiger partial charge is 0.330 e. The average molecular weight is 216 g/mol. The van der Waals surface area contributed by atoms with E-state index in [1.165, 1.54) is 5.56 Å². The second-order valence-electron chi connectivity index (χ2n) is 4.10. The lowest BCUT2D eigenvalue weighted by atomic mass is 10.1. The Labute approximate surface area is 94.3 Å². The Morgan fingerprint density at radius 1 is 1.31 bits per heavy atom. The first-order chi connectivity index (χ1) is 7.70. The van der Waals surface area contributed by atoms with Crippen LogP contribution in [0.2, 0.25) is 0 Å². The maximum atomic E-state index is 11.4. The number of hydrogen-bond donors (Lipinski definition) is 2. The first-order valence-electron chi connectivity index (χ1n) is 5.53. The van der Waals surface area contributed by atoms with Crippen LogP contribution in [-0.4, -0.2) is 11.5 Å². The molecule has 0 saturated heterocycles. The minimum atomic E-state index is -0.0118. The molecule has 0 aliphatic heterocycles. The third-order valence-electron chi connectivity index (χ3n) is 2.76. The molecule has 0 radical (unpaired) electrons. The third kappa shape index (κ3) is 2.14. The van der Waals surface area contributed by atoms with Crippen molar-refractivity contribution < 1.29 is 0 Å². The quantitative estimate of drug-likeness (QED) is 0.820. The molecular formula is C13H16N2O. The summed E-state index contributed by atoms with van der Waals surface area (Å²) in [5.41, 5.74) is 8.39. The van der Waals surface area contributed by atoms with Crippen LogP contribution < -0.4 is 11.3 Å². The van der Waals surface area contributed by atoms with Crippen LogP contribution in [0, 0.1) is 6.92 Å². The number of aromatic nitrogens is 1. The van der Waals surface area contributed by atoms with Crippen LogP contribution in [0.1, 0.15) is 17.5 Å². The number of hydrogen-bond acceptors (Lipinski definition) is 2. The van der Waals surface area contributed by atoms with Crippen LogP contribution in [0.3, 0.4) is 0 Å². The zero-order valence-corrected chi connectivity index (χ0v) is 9.42. The molecule has 3 nitrogen and oxygen atoms in total. The van der Waals surface area contributed by atoms with Crippen molar-refractivity contribution in [1.29, 1.82) is 0 Å². The monoisotopic (exact) mass is 216 g/mol. The standard InChI is InChI=1S/C13H16N2O/c1-9-7-11-8-10(3-2-6-14)4-5-12(11)15-13(9)16/h4-5,7-8H,2-3,6,14H2,1H3,(H,15,16). The number of H-pyrrole nitrogens is 1. The van der Waals surface area contributed by atoms with Gasteiger partial charge in [0.05, 0.1) is 0 Å². The summed E-state index contributed by atoms with van der Waals surface area (Å²) in [5.74, 6) is 0. The molecular weight excluding hydrogens is 200 g/mol. The average Bonchev–Trinajstić information content (AvgIpc) is 2.28. The van der Waals surface area contributed by atoms with E-state index in [-0.39, 0.29) is 5.56 Å². The number of aryl methyl sites for hydroxylation is 2. The number of rotatable bonds is 3. The Morgan fingerprint density at radius 2 is 2.12 bits per heavy atom. The van der Waals surface area contributed by atoms with E-state index in [0.717, 1.165) is 29.3 Å². The summed E-state index contributed by atoms with van der Waals surface area (Å²) in [6.07, 6.45) is 1.98. The minimum Gasteiger partial charge on any atom is -0.330 e. The van der Waals surface area contributed by atoms with Gasteiger partial charge in [-0.05, 0) is 55.5 Å². The lowest BCUT2D eigenvalue weighted by molar-refractivity contribution is 0.833. The van der Waals surface area contributed by atoms with Crippen LogP contribution in [-0.2, 0) is 6.42 Å². The van der Waals surface area contributed by atoms with Gasteiger partial charge in [0.25, 0.3) is 5.56 Å². The van der Waals surface area contributed by atoms with E-state index in [1.54, 1.807) is 0 Å². The highest BCUT2D eigenvalue weighted by Gasteiger charge is 2.00. The predicted octanol–water partition coefficient (Wildman–Crippen LogP) is 1.73. The number of benzene rings is 1. The molecule has 1 aromatic heterocycles. The summed E-state index contributed by atoms with van der Waals surface area (Å²) in [5, 5.41) is 1.09. The van der Waals surface area contributed by atoms with Gasteiger partial charge in [0.1, 0.15) is 0 Å². The fraction of sp³-hybridized carbons (Fsp3) is 0.308. The third-order valence-corrected chi connectivity index (χ3v) is 2.76. The molecule has 2 aromatic rings. The van der Waals surface area contributed by atoms with Crippen molar-refractivity contribution >= 4 is 10.9 Å². The van der Waals surface area contributed by atoms with Gasteiger partial charge in [-0.2, -0.15) is 0 Å². The Balaban J connectivity index is 2.45. The van der Waals surface area contributed by atoms with Crippen LogP contribution in [0.5, 0.6) is 0 Å². The fourth-order valence-corrected chi connectivity index (χ4v) is 1.83. The predicted molar refractivity (Wildman–Crippen MR) is 66.7 cm³/mol. The summed E-state index contributed by atoms with van der Waals surface area (Å²) in [4.78, 5) is 14.3. The minimum absolute atomic E-state index is 0.0118. The van der Waals surface area contributed by atoms with Crippen LogP contribution >= 0.6 is 0 Å². The SMILES string of the molecule is Cc1cc2cc(CCCN)ccc2[nH]c1=O. The normalized spacial score (nSPS) is 10.9. The molecule has 16 heavy (non-hydrogen) atoms. The Kier molecular flexibility index (Phi) is 3.06. The summed E-state index contributed by atoms with van der Waals surface area (Å²) < 4.78 is 0. The topological polar surface area (TPSA) is 58.9 Å². The van der Waals surface area contributed by atoms with Gasteiger partial charge in [-0.15, -0.1) is 0 Å². The zero-order chi connectivity index (χ0) is 11.5. The van der Waals surface area contributed by atoms with Crippen molar-refractivity contribution in [3.8, 4) is 0 Å². The van der Waals surface area contributed by atoms with Crippen LogP contribution in [0.4, 0.5) is 0 Å². The highest BCUT2D eigenvalue weighted by atomic mass is 16.1. The van der Waals surface area contributed by atoms with Gasteiger partial charge in [-0.1, -0.05) is 6.07 Å². The number of pyridine rings is 1. The summed E-state index contributed by atoms with van der Waals surface area (Å²) >= 11 is 0. The fourth-order valence-electron chi connectivity index (χ4n) is 1.83. The second kappa shape index (κ2) is 4.49. The highest BCUT2D eigenvalue weighted by Crippen LogP contribution is 2.14. The number of nitrogens with one attached hydrogen (secondary N) is 1. The molecule has 0 unspecified atom stereocenters. The van der Waals surface area contributed by atoms with E-state index in [4.69, 9.17) is 5.73 Å². The molecule has 0 amide bonds. The molecule has 0 spiro atoms. The van der Waals surface area contributed by atoms with Crippen molar-refractivity contribution in [3.63, 3.8) is 0 Å². The summed E-state index contributed by atoms with van der Waals surface area (Å²) in [6, 6.07) is 8.05. The van der Waals surface area contributed by atoms with E-state index in [9.17, 15) is 4.79 Å². The molecule has 84 valence electrons. The van der Waals surface area contributed by atoms with Gasteiger partial charge in [0, 0.05) is 11.1 Å². The van der Waals surface area contributed by atoms with Crippen LogP contribution in [0.15, 0.2) is 29.1 Å². The molecule has 0 bridgehead atoms. The smallest absolute Gasteiger partial charge is 0.251 e. The van der Waals surface area contributed by atoms with E-state index in [0.29, 0.717) is 6.54 Å². The Morgan fingerprint density at radius 3 is 2.88 bits per heavy atom. The van der Waals surface area contributed by atoms with Crippen molar-refractivity contribution in [3.05, 3.63) is 45.7 Å². The van der Waals surface area contributed by atoms with E-state index in [1.807, 2.05) is 25.1 Å². The molecule has 2 rings (SSSR count). The lowest BCUT2D eigenvalue weighted by Gasteiger charge is -2.03. The first-order valence-corrected chi connectivity index (χ1v) is 5.53. The summed E-state index contributed by atoms with van der Waals surface area (Å²) in [7, 11) is 0. The van der Waals surface area contributed by atoms with Gasteiger partial charge < -0.3 is 10.7 Å². The van der Waals surface area contributed by atoms with E-state index < -0.39 is 0 Å². The second-order valence-corrected chi connectivity index (χ2v) is 4.10. The number of nitrogens with two attached hydrogens (primary N) is 1. The van der Waals surface area contributed by atoms with Crippen molar-refractivity contribution in [1.82, 2.24) is 4.98 Å². The van der Waals surface area contributed by atoms with Crippen molar-refractivity contribution in [2.75, 3.05) is 6.54 Å².